The molecule has 1 saturated carbocycles. The molecule has 1 saturated heterocycles. The molecule has 0 spiro atoms. The molecule has 1 aliphatic heterocycles. The van der Waals surface area contributed by atoms with Gasteiger partial charge < -0.3 is 29.7 Å². The van der Waals surface area contributed by atoms with Crippen LogP contribution in [0.15, 0.2) is 48.5 Å². The van der Waals surface area contributed by atoms with Crippen molar-refractivity contribution < 1.29 is 48.4 Å². The van der Waals surface area contributed by atoms with E-state index < -0.39 is 36.1 Å². The maximum atomic E-state index is 12.2. The van der Waals surface area contributed by atoms with Crippen molar-refractivity contribution in [2.24, 2.45) is 17.3 Å². The average Bonchev–Trinajstić information content (AvgIpc) is 3.22. The van der Waals surface area contributed by atoms with Crippen LogP contribution in [-0.2, 0) is 28.6 Å². The van der Waals surface area contributed by atoms with Gasteiger partial charge in [0.15, 0.2) is 0 Å². The van der Waals surface area contributed by atoms with Gasteiger partial charge in [0.2, 0.25) is 12.2 Å². The largest absolute Gasteiger partial charge is 0.478 e. The van der Waals surface area contributed by atoms with Crippen molar-refractivity contribution >= 4 is 29.8 Å². The van der Waals surface area contributed by atoms with Gasteiger partial charge in [-0.15, -0.1) is 0 Å². The molecule has 214 valence electrons. The number of nitrogens with one attached hydrogen (secondary N) is 1. The Bertz CT molecular complexity index is 1190. The highest BCUT2D eigenvalue weighted by atomic mass is 16.6. The molecule has 2 aliphatic rings. The lowest BCUT2D eigenvalue weighted by atomic mass is 10.0. The summed E-state index contributed by atoms with van der Waals surface area (Å²) in [6.45, 7) is 9.00. The Kier molecular flexibility index (Phi) is 9.31. The number of esters is 3. The molecule has 11 heteroatoms. The average molecular weight is 556 g/mol. The van der Waals surface area contributed by atoms with E-state index in [1.165, 1.54) is 31.4 Å². The van der Waals surface area contributed by atoms with E-state index in [1.807, 2.05) is 0 Å². The van der Waals surface area contributed by atoms with E-state index in [2.05, 4.69) is 19.2 Å². The molecule has 0 bridgehead atoms. The fourth-order valence-electron chi connectivity index (χ4n) is 4.81. The maximum absolute atomic E-state index is 12.2. The van der Waals surface area contributed by atoms with Gasteiger partial charge in [-0.3, -0.25) is 4.79 Å². The van der Waals surface area contributed by atoms with Gasteiger partial charge in [-0.25, -0.2) is 19.2 Å². The molecule has 0 aromatic heterocycles. The van der Waals surface area contributed by atoms with Gasteiger partial charge in [0.1, 0.15) is 6.04 Å². The molecule has 40 heavy (non-hydrogen) atoms. The molecule has 4 rings (SSSR count). The molecule has 0 unspecified atom stereocenters. The van der Waals surface area contributed by atoms with Crippen LogP contribution in [0.4, 0.5) is 0 Å². The lowest BCUT2D eigenvalue weighted by Crippen LogP contribution is -2.45. The number of aryl methyl sites for hydroxylation is 2. The van der Waals surface area contributed by atoms with Crippen molar-refractivity contribution in [1.29, 1.82) is 0 Å². The Balaban J connectivity index is 0.000000302. The molecule has 2 fully saturated rings. The van der Waals surface area contributed by atoms with E-state index in [0.29, 0.717) is 17.3 Å². The van der Waals surface area contributed by atoms with E-state index in [1.54, 1.807) is 38.1 Å². The first-order chi connectivity index (χ1) is 18.8. The number of piperidine rings is 1. The molecule has 3 N–H and O–H groups in total. The van der Waals surface area contributed by atoms with Crippen LogP contribution in [0, 0.1) is 31.1 Å². The van der Waals surface area contributed by atoms with Crippen LogP contribution in [0.2, 0.25) is 0 Å². The van der Waals surface area contributed by atoms with Crippen LogP contribution in [0.3, 0.4) is 0 Å². The second-order valence-corrected chi connectivity index (χ2v) is 10.4. The standard InChI is InChI=1S/C20H18O8.C9H15NO2/c1-11-3-7-13(8-4-11)19(25)27-15(17(21)22)16(18(23)24)28-20(26)14-9-5-12(2)6-10-14;1-9(2)5-4-10-7(6(5)9)8(11)12-3/h3-10,15-16H,1-2H3,(H,21,22)(H,23,24);5-7,10H,4H2,1-3H3/t15-,16-;5-,6-,7-/m10/s1. The van der Waals surface area contributed by atoms with Crippen molar-refractivity contribution in [3.63, 3.8) is 0 Å². The Hall–Kier alpha value is -4.25. The smallest absolute Gasteiger partial charge is 0.349 e. The number of carbonyl (C=O) groups is 5. The van der Waals surface area contributed by atoms with Gasteiger partial charge in [-0.2, -0.15) is 0 Å². The van der Waals surface area contributed by atoms with Crippen LogP contribution >= 0.6 is 0 Å². The Morgan fingerprint density at radius 1 is 0.800 bits per heavy atom. The predicted molar refractivity (Wildman–Crippen MR) is 141 cm³/mol. The van der Waals surface area contributed by atoms with Crippen molar-refractivity contribution in [3.05, 3.63) is 70.8 Å². The number of hydrogen-bond donors (Lipinski definition) is 3. The summed E-state index contributed by atoms with van der Waals surface area (Å²) >= 11 is 0. The fourth-order valence-corrected chi connectivity index (χ4v) is 4.81. The van der Waals surface area contributed by atoms with Crippen molar-refractivity contribution in [2.45, 2.75) is 45.9 Å². The van der Waals surface area contributed by atoms with Crippen LogP contribution in [0.5, 0.6) is 0 Å². The lowest BCUT2D eigenvalue weighted by Gasteiger charge is -2.21. The third kappa shape index (κ3) is 6.84. The number of ether oxygens (including phenoxy) is 3. The molecule has 11 nitrogen and oxygen atoms in total. The van der Waals surface area contributed by atoms with Crippen LogP contribution in [0.25, 0.3) is 0 Å². The fraction of sp³-hybridized carbons (Fsp3) is 0.414. The molecule has 2 aromatic rings. The monoisotopic (exact) mass is 555 g/mol. The SMILES string of the molecule is COC(=O)[C@H]1NC[C@H]2[C@@H]1C2(C)C.Cc1ccc(C(=O)O[C@@H](C(=O)O)[C@@H](OC(=O)c2ccc(C)cc2)C(=O)O)cc1. The Labute approximate surface area is 231 Å². The number of fused-ring (bicyclic) bond motifs is 1. The van der Waals surface area contributed by atoms with E-state index >= 15 is 0 Å². The molecule has 5 atom stereocenters. The summed E-state index contributed by atoms with van der Waals surface area (Å²) in [4.78, 5) is 58.6. The summed E-state index contributed by atoms with van der Waals surface area (Å²) in [6, 6.07) is 12.0. The van der Waals surface area contributed by atoms with Gasteiger partial charge in [0, 0.05) is 0 Å². The number of carboxylic acids is 2. The van der Waals surface area contributed by atoms with E-state index in [0.717, 1.165) is 17.7 Å². The summed E-state index contributed by atoms with van der Waals surface area (Å²) in [6.07, 6.45) is -4.44. The number of methoxy groups -OCH3 is 1. The quantitative estimate of drug-likeness (QED) is 0.324. The van der Waals surface area contributed by atoms with E-state index in [4.69, 9.17) is 14.2 Å². The molecule has 2 aromatic carbocycles. The minimum Gasteiger partial charge on any atom is -0.478 e. The highest BCUT2D eigenvalue weighted by Gasteiger charge is 2.66. The van der Waals surface area contributed by atoms with Gasteiger partial charge in [0.05, 0.1) is 18.2 Å². The normalized spacial score (nSPS) is 21.4. The summed E-state index contributed by atoms with van der Waals surface area (Å²) in [5, 5.41) is 21.8. The third-order valence-electron chi connectivity index (χ3n) is 7.32. The van der Waals surface area contributed by atoms with E-state index in [-0.39, 0.29) is 23.1 Å². The molecule has 0 radical (unpaired) electrons. The van der Waals surface area contributed by atoms with Crippen molar-refractivity contribution in [2.75, 3.05) is 13.7 Å². The Morgan fingerprint density at radius 3 is 1.50 bits per heavy atom. The second kappa shape index (κ2) is 12.3. The molecule has 1 aliphatic carbocycles. The molecule has 0 amide bonds. The number of aliphatic carboxylic acids is 2. The number of benzene rings is 2. The van der Waals surface area contributed by atoms with Gasteiger partial charge in [-0.05, 0) is 61.9 Å². The minimum absolute atomic E-state index is 0.0332. The molecular formula is C29H33NO10. The zero-order chi connectivity index (χ0) is 29.8. The molecule has 1 heterocycles. The zero-order valence-corrected chi connectivity index (χ0v) is 22.9. The van der Waals surface area contributed by atoms with Gasteiger partial charge >= 0.3 is 29.8 Å². The van der Waals surface area contributed by atoms with E-state index in [9.17, 15) is 34.2 Å². The number of rotatable bonds is 8. The highest BCUT2D eigenvalue weighted by Crippen LogP contribution is 2.62. The van der Waals surface area contributed by atoms with Gasteiger partial charge in [-0.1, -0.05) is 49.2 Å². The van der Waals surface area contributed by atoms with Crippen LogP contribution in [-0.4, -0.2) is 72.0 Å². The van der Waals surface area contributed by atoms with Crippen molar-refractivity contribution in [1.82, 2.24) is 5.32 Å². The first kappa shape index (κ1) is 30.3. The predicted octanol–water partition coefficient (Wildman–Crippen LogP) is 2.63. The van der Waals surface area contributed by atoms with Gasteiger partial charge in [0.25, 0.3) is 0 Å². The summed E-state index contributed by atoms with van der Waals surface area (Å²) < 4.78 is 14.4. The number of carboxylic acid groups (broad SMARTS) is 2. The zero-order valence-electron chi connectivity index (χ0n) is 22.9. The van der Waals surface area contributed by atoms with Crippen molar-refractivity contribution in [3.8, 4) is 0 Å². The third-order valence-corrected chi connectivity index (χ3v) is 7.32. The molecular weight excluding hydrogens is 522 g/mol. The first-order valence-corrected chi connectivity index (χ1v) is 12.6. The summed E-state index contributed by atoms with van der Waals surface area (Å²) in [5.74, 6) is -4.54. The Morgan fingerprint density at radius 2 is 1.20 bits per heavy atom. The number of hydrogen-bond acceptors (Lipinski definition) is 9. The van der Waals surface area contributed by atoms with Crippen LogP contribution < -0.4 is 5.32 Å². The topological polar surface area (TPSA) is 166 Å². The second-order valence-electron chi connectivity index (χ2n) is 10.4. The number of carbonyl (C=O) groups excluding carboxylic acids is 3. The minimum atomic E-state index is -2.22. The highest BCUT2D eigenvalue weighted by molar-refractivity contribution is 5.95. The lowest BCUT2D eigenvalue weighted by molar-refractivity contribution is -0.166. The first-order valence-electron chi connectivity index (χ1n) is 12.6. The maximum Gasteiger partial charge on any atom is 0.349 e. The van der Waals surface area contributed by atoms with Crippen LogP contribution in [0.1, 0.15) is 45.7 Å². The summed E-state index contributed by atoms with van der Waals surface area (Å²) in [7, 11) is 1.45. The summed E-state index contributed by atoms with van der Waals surface area (Å²) in [5.41, 5.74) is 2.14.